The zero-order chi connectivity index (χ0) is 13.8. The zero-order valence-electron chi connectivity index (χ0n) is 11.7. The van der Waals surface area contributed by atoms with Crippen molar-refractivity contribution in [2.24, 2.45) is 7.05 Å². The molecule has 0 unspecified atom stereocenters. The minimum atomic E-state index is 0.221. The fourth-order valence-corrected chi connectivity index (χ4v) is 2.53. The summed E-state index contributed by atoms with van der Waals surface area (Å²) in [5.74, 6) is 0. The van der Waals surface area contributed by atoms with E-state index in [0.29, 0.717) is 0 Å². The van der Waals surface area contributed by atoms with Crippen LogP contribution in [0.1, 0.15) is 36.7 Å². The van der Waals surface area contributed by atoms with Gasteiger partial charge in [-0.3, -0.25) is 4.68 Å². The lowest BCUT2D eigenvalue weighted by Gasteiger charge is -2.15. The van der Waals surface area contributed by atoms with Gasteiger partial charge in [0, 0.05) is 36.4 Å². The molecule has 2 aromatic rings. The molecule has 1 atom stereocenters. The Balaban J connectivity index is 2.04. The molecule has 1 heterocycles. The first-order valence-corrected chi connectivity index (χ1v) is 6.98. The second kappa shape index (κ2) is 6.22. The summed E-state index contributed by atoms with van der Waals surface area (Å²) in [6.07, 6.45) is 3.03. The Morgan fingerprint density at radius 1 is 1.37 bits per heavy atom. The molecule has 3 nitrogen and oxygen atoms in total. The molecule has 1 aromatic heterocycles. The average Bonchev–Trinajstić information content (AvgIpc) is 2.77. The summed E-state index contributed by atoms with van der Waals surface area (Å²) in [5.41, 5.74) is 3.54. The van der Waals surface area contributed by atoms with E-state index >= 15 is 0 Å². The predicted molar refractivity (Wildman–Crippen MR) is 79.3 cm³/mol. The van der Waals surface area contributed by atoms with Crippen LogP contribution in [0.5, 0.6) is 0 Å². The summed E-state index contributed by atoms with van der Waals surface area (Å²) in [7, 11) is 1.96. The standard InChI is InChI=1S/C15H20ClN3/c1-4-15-12(10-19(3)18-15)9-17-11(2)13-7-5-6-8-14(13)16/h5-8,10-11,17H,4,9H2,1-3H3/t11-/m0/s1. The first kappa shape index (κ1) is 14.1. The van der Waals surface area contributed by atoms with Gasteiger partial charge >= 0.3 is 0 Å². The highest BCUT2D eigenvalue weighted by Gasteiger charge is 2.11. The molecule has 0 fully saturated rings. The van der Waals surface area contributed by atoms with Gasteiger partial charge < -0.3 is 5.32 Å². The molecule has 19 heavy (non-hydrogen) atoms. The lowest BCUT2D eigenvalue weighted by Crippen LogP contribution is -2.18. The number of nitrogens with one attached hydrogen (secondary N) is 1. The molecule has 1 N–H and O–H groups in total. The molecule has 0 aliphatic heterocycles. The summed E-state index contributed by atoms with van der Waals surface area (Å²) in [6, 6.07) is 8.18. The SMILES string of the molecule is CCc1nn(C)cc1CN[C@@H](C)c1ccccc1Cl. The Bertz CT molecular complexity index is 548. The largest absolute Gasteiger partial charge is 0.306 e. The smallest absolute Gasteiger partial charge is 0.0666 e. The van der Waals surface area contributed by atoms with Gasteiger partial charge in [0.2, 0.25) is 0 Å². The van der Waals surface area contributed by atoms with Crippen molar-refractivity contribution in [3.63, 3.8) is 0 Å². The van der Waals surface area contributed by atoms with Crippen LogP contribution in [0, 0.1) is 0 Å². The van der Waals surface area contributed by atoms with Gasteiger partial charge in [-0.05, 0) is 25.0 Å². The van der Waals surface area contributed by atoms with E-state index in [4.69, 9.17) is 11.6 Å². The third-order valence-corrected chi connectivity index (χ3v) is 3.64. The fraction of sp³-hybridized carbons (Fsp3) is 0.400. The summed E-state index contributed by atoms with van der Waals surface area (Å²) >= 11 is 6.21. The molecule has 0 amide bonds. The van der Waals surface area contributed by atoms with Gasteiger partial charge in [0.15, 0.2) is 0 Å². The number of aryl methyl sites for hydroxylation is 2. The monoisotopic (exact) mass is 277 g/mol. The zero-order valence-corrected chi connectivity index (χ0v) is 12.4. The Labute approximate surface area is 119 Å². The molecular formula is C15H20ClN3. The molecule has 2 rings (SSSR count). The van der Waals surface area contributed by atoms with E-state index in [-0.39, 0.29) is 6.04 Å². The van der Waals surface area contributed by atoms with Crippen molar-refractivity contribution in [1.29, 1.82) is 0 Å². The minimum absolute atomic E-state index is 0.221. The van der Waals surface area contributed by atoms with Crippen LogP contribution >= 0.6 is 11.6 Å². The van der Waals surface area contributed by atoms with Crippen molar-refractivity contribution in [2.45, 2.75) is 32.9 Å². The van der Waals surface area contributed by atoms with Gasteiger partial charge in [-0.2, -0.15) is 5.10 Å². The molecule has 0 spiro atoms. The van der Waals surface area contributed by atoms with Crippen LogP contribution in [0.15, 0.2) is 30.5 Å². The highest BCUT2D eigenvalue weighted by Crippen LogP contribution is 2.22. The molecular weight excluding hydrogens is 258 g/mol. The van der Waals surface area contributed by atoms with Crippen molar-refractivity contribution in [3.8, 4) is 0 Å². The number of aromatic nitrogens is 2. The lowest BCUT2D eigenvalue weighted by molar-refractivity contribution is 0.572. The molecule has 0 saturated heterocycles. The van der Waals surface area contributed by atoms with Crippen LogP contribution in [0.4, 0.5) is 0 Å². The highest BCUT2D eigenvalue weighted by molar-refractivity contribution is 6.31. The number of hydrogen-bond acceptors (Lipinski definition) is 2. The summed E-state index contributed by atoms with van der Waals surface area (Å²) in [5, 5.41) is 8.76. The Morgan fingerprint density at radius 2 is 2.11 bits per heavy atom. The van der Waals surface area contributed by atoms with Gasteiger partial charge in [0.1, 0.15) is 0 Å². The predicted octanol–water partition coefficient (Wildman–Crippen LogP) is 3.49. The normalized spacial score (nSPS) is 12.6. The Morgan fingerprint density at radius 3 is 2.79 bits per heavy atom. The number of rotatable bonds is 5. The first-order chi connectivity index (χ1) is 9.11. The quantitative estimate of drug-likeness (QED) is 0.907. The summed E-state index contributed by atoms with van der Waals surface area (Å²) < 4.78 is 1.87. The van der Waals surface area contributed by atoms with Crippen LogP contribution in [0.25, 0.3) is 0 Å². The molecule has 0 radical (unpaired) electrons. The van der Waals surface area contributed by atoms with Crippen molar-refractivity contribution < 1.29 is 0 Å². The average molecular weight is 278 g/mol. The molecule has 0 bridgehead atoms. The van der Waals surface area contributed by atoms with E-state index in [1.807, 2.05) is 29.9 Å². The van der Waals surface area contributed by atoms with Gasteiger partial charge in [-0.25, -0.2) is 0 Å². The molecule has 0 aliphatic carbocycles. The topological polar surface area (TPSA) is 29.9 Å². The lowest BCUT2D eigenvalue weighted by atomic mass is 10.1. The van der Waals surface area contributed by atoms with Gasteiger partial charge in [0.05, 0.1) is 5.69 Å². The van der Waals surface area contributed by atoms with Crippen molar-refractivity contribution >= 4 is 11.6 Å². The first-order valence-electron chi connectivity index (χ1n) is 6.61. The van der Waals surface area contributed by atoms with Crippen molar-refractivity contribution in [1.82, 2.24) is 15.1 Å². The van der Waals surface area contributed by atoms with Gasteiger partial charge in [-0.1, -0.05) is 36.7 Å². The second-order valence-electron chi connectivity index (χ2n) is 4.75. The van der Waals surface area contributed by atoms with Crippen molar-refractivity contribution in [3.05, 3.63) is 52.3 Å². The van der Waals surface area contributed by atoms with Crippen LogP contribution < -0.4 is 5.32 Å². The Kier molecular flexibility index (Phi) is 4.61. The Hall–Kier alpha value is -1.32. The van der Waals surface area contributed by atoms with Crippen LogP contribution in [0.2, 0.25) is 5.02 Å². The molecule has 4 heteroatoms. The molecule has 102 valence electrons. The van der Waals surface area contributed by atoms with Crippen LogP contribution in [-0.4, -0.2) is 9.78 Å². The molecule has 1 aromatic carbocycles. The summed E-state index contributed by atoms with van der Waals surface area (Å²) in [4.78, 5) is 0. The number of halogens is 1. The van der Waals surface area contributed by atoms with Gasteiger partial charge in [-0.15, -0.1) is 0 Å². The maximum atomic E-state index is 6.21. The highest BCUT2D eigenvalue weighted by atomic mass is 35.5. The maximum absolute atomic E-state index is 6.21. The van der Waals surface area contributed by atoms with E-state index in [1.54, 1.807) is 0 Å². The summed E-state index contributed by atoms with van der Waals surface area (Å²) in [6.45, 7) is 5.07. The van der Waals surface area contributed by atoms with E-state index in [0.717, 1.165) is 29.2 Å². The second-order valence-corrected chi connectivity index (χ2v) is 5.16. The van der Waals surface area contributed by atoms with E-state index < -0.39 is 0 Å². The van der Waals surface area contributed by atoms with Crippen LogP contribution in [0.3, 0.4) is 0 Å². The number of benzene rings is 1. The number of nitrogens with zero attached hydrogens (tertiary/aromatic N) is 2. The maximum Gasteiger partial charge on any atom is 0.0666 e. The van der Waals surface area contributed by atoms with E-state index in [2.05, 4.69) is 36.5 Å². The minimum Gasteiger partial charge on any atom is -0.306 e. The van der Waals surface area contributed by atoms with E-state index in [9.17, 15) is 0 Å². The van der Waals surface area contributed by atoms with Crippen LogP contribution in [-0.2, 0) is 20.0 Å². The molecule has 0 saturated carbocycles. The third kappa shape index (κ3) is 3.37. The van der Waals surface area contributed by atoms with Gasteiger partial charge in [0.25, 0.3) is 0 Å². The van der Waals surface area contributed by atoms with Crippen molar-refractivity contribution in [2.75, 3.05) is 0 Å². The van der Waals surface area contributed by atoms with E-state index in [1.165, 1.54) is 5.56 Å². The molecule has 0 aliphatic rings. The number of hydrogen-bond donors (Lipinski definition) is 1. The fourth-order valence-electron chi connectivity index (χ4n) is 2.23. The third-order valence-electron chi connectivity index (χ3n) is 3.30.